The van der Waals surface area contributed by atoms with Gasteiger partial charge in [0.1, 0.15) is 0 Å². The molecule has 0 aliphatic heterocycles. The Morgan fingerprint density at radius 1 is 1.21 bits per heavy atom. The molecule has 0 unspecified atom stereocenters. The summed E-state index contributed by atoms with van der Waals surface area (Å²) in [6, 6.07) is 8.62. The van der Waals surface area contributed by atoms with Crippen molar-refractivity contribution >= 4 is 10.0 Å². The lowest BCUT2D eigenvalue weighted by molar-refractivity contribution is 0.576. The molecule has 0 heterocycles. The molecular weight excluding hydrogens is 260 g/mol. The number of sulfonamides is 1. The summed E-state index contributed by atoms with van der Waals surface area (Å²) in [6.45, 7) is 3.06. The monoisotopic (exact) mass is 282 g/mol. The number of benzene rings is 1. The molecule has 19 heavy (non-hydrogen) atoms. The minimum atomic E-state index is -3.14. The first-order valence-corrected chi connectivity index (χ1v) is 8.47. The van der Waals surface area contributed by atoms with Gasteiger partial charge in [0.2, 0.25) is 10.0 Å². The third-order valence-electron chi connectivity index (χ3n) is 3.36. The normalized spacial score (nSPS) is 15.6. The highest BCUT2D eigenvalue weighted by atomic mass is 32.2. The van der Waals surface area contributed by atoms with Crippen LogP contribution in [-0.4, -0.2) is 33.3 Å². The summed E-state index contributed by atoms with van der Waals surface area (Å²) in [4.78, 5) is 0. The van der Waals surface area contributed by atoms with Crippen LogP contribution < -0.4 is 10.0 Å². The van der Waals surface area contributed by atoms with E-state index in [0.717, 1.165) is 6.42 Å². The molecule has 4 nitrogen and oxygen atoms in total. The quantitative estimate of drug-likeness (QED) is 0.753. The lowest BCUT2D eigenvalue weighted by Crippen LogP contribution is -2.33. The van der Waals surface area contributed by atoms with Crippen LogP contribution in [0.1, 0.15) is 24.0 Å². The van der Waals surface area contributed by atoms with Gasteiger partial charge in [0, 0.05) is 19.1 Å². The molecule has 106 valence electrons. The fourth-order valence-corrected chi connectivity index (χ4v) is 2.93. The zero-order valence-corrected chi connectivity index (χ0v) is 12.2. The zero-order chi connectivity index (χ0) is 13.7. The summed E-state index contributed by atoms with van der Waals surface area (Å²) in [5.74, 6) is 0.164. The lowest BCUT2D eigenvalue weighted by Gasteiger charge is -2.08. The highest BCUT2D eigenvalue weighted by Gasteiger charge is 2.21. The van der Waals surface area contributed by atoms with Crippen molar-refractivity contribution in [2.24, 2.45) is 0 Å². The number of nitrogens with one attached hydrogen (secondary N) is 2. The Kier molecular flexibility index (Phi) is 4.96. The van der Waals surface area contributed by atoms with Gasteiger partial charge in [0.15, 0.2) is 0 Å². The molecule has 0 bridgehead atoms. The van der Waals surface area contributed by atoms with E-state index in [0.29, 0.717) is 19.1 Å². The van der Waals surface area contributed by atoms with Crippen molar-refractivity contribution in [3.05, 3.63) is 35.4 Å². The molecule has 0 aromatic heterocycles. The van der Waals surface area contributed by atoms with Crippen molar-refractivity contribution in [3.8, 4) is 0 Å². The fraction of sp³-hybridized carbons (Fsp3) is 0.571. The molecule has 1 saturated carbocycles. The van der Waals surface area contributed by atoms with E-state index < -0.39 is 10.0 Å². The molecule has 0 saturated heterocycles. The third kappa shape index (κ3) is 5.30. The van der Waals surface area contributed by atoms with Gasteiger partial charge < -0.3 is 5.32 Å². The van der Waals surface area contributed by atoms with Crippen LogP contribution in [-0.2, 0) is 16.4 Å². The first-order chi connectivity index (χ1) is 9.07. The van der Waals surface area contributed by atoms with E-state index in [9.17, 15) is 8.42 Å². The Hall–Kier alpha value is -0.910. The highest BCUT2D eigenvalue weighted by Crippen LogP contribution is 2.18. The van der Waals surface area contributed by atoms with Crippen LogP contribution in [0.4, 0.5) is 0 Å². The zero-order valence-electron chi connectivity index (χ0n) is 11.4. The maximum atomic E-state index is 11.8. The Bertz CT molecular complexity index is 510. The average molecular weight is 282 g/mol. The van der Waals surface area contributed by atoms with Gasteiger partial charge >= 0.3 is 0 Å². The largest absolute Gasteiger partial charge is 0.313 e. The molecule has 2 N–H and O–H groups in total. The SMILES string of the molecule is Cc1ccccc1CCNS(=O)(=O)CCNC1CC1. The first kappa shape index (κ1) is 14.5. The molecule has 1 aromatic carbocycles. The Balaban J connectivity index is 1.70. The number of aryl methyl sites for hydroxylation is 1. The van der Waals surface area contributed by atoms with Gasteiger partial charge in [0.25, 0.3) is 0 Å². The van der Waals surface area contributed by atoms with Crippen LogP contribution >= 0.6 is 0 Å². The van der Waals surface area contributed by atoms with Gasteiger partial charge in [-0.3, -0.25) is 0 Å². The molecule has 0 radical (unpaired) electrons. The third-order valence-corrected chi connectivity index (χ3v) is 4.74. The van der Waals surface area contributed by atoms with E-state index in [1.807, 2.05) is 31.2 Å². The van der Waals surface area contributed by atoms with E-state index in [1.54, 1.807) is 0 Å². The van der Waals surface area contributed by atoms with E-state index >= 15 is 0 Å². The maximum absolute atomic E-state index is 11.8. The topological polar surface area (TPSA) is 58.2 Å². The molecule has 0 amide bonds. The fourth-order valence-electron chi connectivity index (χ4n) is 1.99. The Labute approximate surface area is 115 Å². The molecule has 5 heteroatoms. The van der Waals surface area contributed by atoms with Crippen molar-refractivity contribution in [1.29, 1.82) is 0 Å². The lowest BCUT2D eigenvalue weighted by atomic mass is 10.1. The minimum Gasteiger partial charge on any atom is -0.313 e. The molecule has 1 fully saturated rings. The van der Waals surface area contributed by atoms with Crippen molar-refractivity contribution in [1.82, 2.24) is 10.0 Å². The van der Waals surface area contributed by atoms with Crippen LogP contribution in [0.25, 0.3) is 0 Å². The first-order valence-electron chi connectivity index (χ1n) is 6.82. The molecule has 1 aliphatic carbocycles. The van der Waals surface area contributed by atoms with Crippen LogP contribution in [0.2, 0.25) is 0 Å². The molecule has 2 rings (SSSR count). The average Bonchev–Trinajstić information content (AvgIpc) is 3.15. The summed E-state index contributed by atoms with van der Waals surface area (Å²) in [6.07, 6.45) is 3.10. The number of rotatable bonds is 8. The van der Waals surface area contributed by atoms with Gasteiger partial charge in [0.05, 0.1) is 5.75 Å². The van der Waals surface area contributed by atoms with Gasteiger partial charge in [-0.15, -0.1) is 0 Å². The van der Waals surface area contributed by atoms with Gasteiger partial charge in [-0.1, -0.05) is 24.3 Å². The molecule has 0 atom stereocenters. The Morgan fingerprint density at radius 2 is 1.95 bits per heavy atom. The maximum Gasteiger partial charge on any atom is 0.212 e. The van der Waals surface area contributed by atoms with E-state index in [4.69, 9.17) is 0 Å². The standard InChI is InChI=1S/C14H22N2O2S/c1-12-4-2-3-5-13(12)8-9-16-19(17,18)11-10-15-14-6-7-14/h2-5,14-16H,6-11H2,1H3. The predicted molar refractivity (Wildman–Crippen MR) is 77.7 cm³/mol. The van der Waals surface area contributed by atoms with Crippen molar-refractivity contribution in [2.45, 2.75) is 32.2 Å². The van der Waals surface area contributed by atoms with E-state index in [-0.39, 0.29) is 5.75 Å². The second kappa shape index (κ2) is 6.50. The molecule has 0 spiro atoms. The van der Waals surface area contributed by atoms with Crippen LogP contribution in [0.3, 0.4) is 0 Å². The molecular formula is C14H22N2O2S. The van der Waals surface area contributed by atoms with Crippen LogP contribution in [0, 0.1) is 6.92 Å². The summed E-state index contributed by atoms with van der Waals surface area (Å²) in [5.41, 5.74) is 2.40. The molecule has 1 aromatic rings. The van der Waals surface area contributed by atoms with Crippen molar-refractivity contribution < 1.29 is 8.42 Å². The predicted octanol–water partition coefficient (Wildman–Crippen LogP) is 1.21. The van der Waals surface area contributed by atoms with E-state index in [2.05, 4.69) is 10.0 Å². The smallest absolute Gasteiger partial charge is 0.212 e. The second-order valence-electron chi connectivity index (χ2n) is 5.12. The van der Waals surface area contributed by atoms with Gasteiger partial charge in [-0.25, -0.2) is 13.1 Å². The van der Waals surface area contributed by atoms with Crippen LogP contribution in [0.15, 0.2) is 24.3 Å². The number of hydrogen-bond acceptors (Lipinski definition) is 3. The molecule has 1 aliphatic rings. The van der Waals surface area contributed by atoms with E-state index in [1.165, 1.54) is 24.0 Å². The number of hydrogen-bond donors (Lipinski definition) is 2. The minimum absolute atomic E-state index is 0.164. The van der Waals surface area contributed by atoms with Crippen LogP contribution in [0.5, 0.6) is 0 Å². The summed E-state index contributed by atoms with van der Waals surface area (Å²) in [7, 11) is -3.14. The van der Waals surface area contributed by atoms with Crippen molar-refractivity contribution in [2.75, 3.05) is 18.8 Å². The summed E-state index contributed by atoms with van der Waals surface area (Å²) in [5, 5.41) is 3.21. The Morgan fingerprint density at radius 3 is 2.63 bits per heavy atom. The van der Waals surface area contributed by atoms with Crippen molar-refractivity contribution in [3.63, 3.8) is 0 Å². The van der Waals surface area contributed by atoms with Gasteiger partial charge in [-0.2, -0.15) is 0 Å². The highest BCUT2D eigenvalue weighted by molar-refractivity contribution is 7.89. The summed E-state index contributed by atoms with van der Waals surface area (Å²) >= 11 is 0. The summed E-state index contributed by atoms with van der Waals surface area (Å²) < 4.78 is 26.2. The van der Waals surface area contributed by atoms with Gasteiger partial charge in [-0.05, 0) is 37.3 Å². The second-order valence-corrected chi connectivity index (χ2v) is 7.04.